The topological polar surface area (TPSA) is 79.0 Å². The Labute approximate surface area is 98.8 Å². The second kappa shape index (κ2) is 3.89. The van der Waals surface area contributed by atoms with Gasteiger partial charge in [0.2, 0.25) is 5.91 Å². The molecular formula is C11H12N2O3S. The predicted octanol–water partition coefficient (Wildman–Crippen LogP) is 1.53. The van der Waals surface area contributed by atoms with E-state index in [2.05, 4.69) is 10.3 Å². The van der Waals surface area contributed by atoms with Crippen LogP contribution in [0.4, 0.5) is 5.69 Å². The van der Waals surface area contributed by atoms with Crippen LogP contribution in [-0.2, 0) is 14.6 Å². The predicted molar refractivity (Wildman–Crippen MR) is 65.7 cm³/mol. The van der Waals surface area contributed by atoms with Crippen LogP contribution in [0, 0.1) is 0 Å². The molecule has 2 aromatic rings. The molecule has 2 rings (SSSR count). The molecule has 0 fully saturated rings. The molecule has 0 saturated heterocycles. The van der Waals surface area contributed by atoms with E-state index in [1.165, 1.54) is 13.0 Å². The molecule has 6 heteroatoms. The number of fused-ring (bicyclic) bond motifs is 1. The number of anilines is 1. The van der Waals surface area contributed by atoms with E-state index in [0.29, 0.717) is 11.2 Å². The lowest BCUT2D eigenvalue weighted by molar-refractivity contribution is -0.114. The Kier molecular flexibility index (Phi) is 2.66. The molecule has 0 aliphatic heterocycles. The van der Waals surface area contributed by atoms with E-state index in [9.17, 15) is 13.2 Å². The zero-order valence-electron chi connectivity index (χ0n) is 9.44. The Hall–Kier alpha value is -1.82. The fourth-order valence-electron chi connectivity index (χ4n) is 1.72. The first-order chi connectivity index (χ1) is 7.89. The highest BCUT2D eigenvalue weighted by Gasteiger charge is 2.17. The lowest BCUT2D eigenvalue weighted by Crippen LogP contribution is -2.11. The van der Waals surface area contributed by atoms with Crippen molar-refractivity contribution in [2.24, 2.45) is 0 Å². The molecule has 1 aromatic heterocycles. The van der Waals surface area contributed by atoms with E-state index in [0.717, 1.165) is 11.6 Å². The summed E-state index contributed by atoms with van der Waals surface area (Å²) in [6, 6.07) is 5.01. The van der Waals surface area contributed by atoms with Gasteiger partial charge in [-0.3, -0.25) is 4.79 Å². The zero-order chi connectivity index (χ0) is 12.6. The molecule has 1 heterocycles. The quantitative estimate of drug-likeness (QED) is 0.850. The van der Waals surface area contributed by atoms with Crippen molar-refractivity contribution in [3.63, 3.8) is 0 Å². The monoisotopic (exact) mass is 252 g/mol. The van der Waals surface area contributed by atoms with E-state index in [-0.39, 0.29) is 10.8 Å². The Balaban J connectivity index is 2.79. The summed E-state index contributed by atoms with van der Waals surface area (Å²) in [5.74, 6) is -0.308. The zero-order valence-corrected chi connectivity index (χ0v) is 10.3. The maximum absolute atomic E-state index is 11.6. The second-order valence-corrected chi connectivity index (χ2v) is 5.82. The minimum atomic E-state index is -3.38. The molecule has 17 heavy (non-hydrogen) atoms. The number of hydrogen-bond donors (Lipinski definition) is 2. The Morgan fingerprint density at radius 3 is 2.59 bits per heavy atom. The van der Waals surface area contributed by atoms with Crippen molar-refractivity contribution < 1.29 is 13.2 Å². The molecule has 0 spiro atoms. The fourth-order valence-corrected chi connectivity index (χ4v) is 2.56. The van der Waals surface area contributed by atoms with Gasteiger partial charge in [0.1, 0.15) is 0 Å². The summed E-state index contributed by atoms with van der Waals surface area (Å²) >= 11 is 0. The number of nitrogens with one attached hydrogen (secondary N) is 2. The van der Waals surface area contributed by atoms with E-state index in [4.69, 9.17) is 0 Å². The Morgan fingerprint density at radius 2 is 2.00 bits per heavy atom. The number of amides is 1. The normalized spacial score (nSPS) is 11.6. The van der Waals surface area contributed by atoms with Crippen molar-refractivity contribution in [1.29, 1.82) is 0 Å². The largest absolute Gasteiger partial charge is 0.359 e. The molecule has 0 aliphatic rings. The standard InChI is InChI=1S/C11H12N2O3S/c1-7(14)13-11-9(17(2,15)16)4-3-8-5-6-12-10(8)11/h3-6,12H,1-2H3,(H,13,14). The van der Waals surface area contributed by atoms with Crippen LogP contribution in [0.2, 0.25) is 0 Å². The summed E-state index contributed by atoms with van der Waals surface area (Å²) in [5, 5.41) is 3.41. The number of benzene rings is 1. The van der Waals surface area contributed by atoms with Crippen molar-refractivity contribution in [1.82, 2.24) is 4.98 Å². The summed E-state index contributed by atoms with van der Waals surface area (Å²) in [4.78, 5) is 14.2. The van der Waals surface area contributed by atoms with Gasteiger partial charge in [-0.25, -0.2) is 8.42 Å². The van der Waals surface area contributed by atoms with Gasteiger partial charge in [0.25, 0.3) is 0 Å². The second-order valence-electron chi connectivity index (χ2n) is 3.83. The molecule has 1 amide bonds. The van der Waals surface area contributed by atoms with Crippen molar-refractivity contribution >= 4 is 32.3 Å². The molecule has 0 atom stereocenters. The van der Waals surface area contributed by atoms with Crippen LogP contribution in [0.1, 0.15) is 6.92 Å². The Morgan fingerprint density at radius 1 is 1.29 bits per heavy atom. The van der Waals surface area contributed by atoms with Crippen LogP contribution < -0.4 is 5.32 Å². The summed E-state index contributed by atoms with van der Waals surface area (Å²) in [6.07, 6.45) is 2.81. The van der Waals surface area contributed by atoms with Crippen LogP contribution in [-0.4, -0.2) is 25.6 Å². The lowest BCUT2D eigenvalue weighted by atomic mass is 10.2. The van der Waals surface area contributed by atoms with E-state index in [1.807, 2.05) is 6.07 Å². The summed E-state index contributed by atoms with van der Waals surface area (Å²) in [7, 11) is -3.38. The van der Waals surface area contributed by atoms with Crippen LogP contribution in [0.5, 0.6) is 0 Å². The first-order valence-electron chi connectivity index (χ1n) is 4.97. The number of sulfone groups is 1. The third-order valence-corrected chi connectivity index (χ3v) is 3.53. The van der Waals surface area contributed by atoms with Gasteiger partial charge in [0.05, 0.1) is 16.1 Å². The molecule has 0 bridgehead atoms. The third-order valence-electron chi connectivity index (χ3n) is 2.39. The summed E-state index contributed by atoms with van der Waals surface area (Å²) < 4.78 is 23.3. The number of rotatable bonds is 2. The van der Waals surface area contributed by atoms with Crippen LogP contribution in [0.25, 0.3) is 10.9 Å². The number of carbonyl (C=O) groups is 1. The molecule has 90 valence electrons. The van der Waals surface area contributed by atoms with Crippen molar-refractivity contribution in [3.05, 3.63) is 24.4 Å². The summed E-state index contributed by atoms with van der Waals surface area (Å²) in [5.41, 5.74) is 0.922. The van der Waals surface area contributed by atoms with Gasteiger partial charge in [-0.15, -0.1) is 0 Å². The minimum Gasteiger partial charge on any atom is -0.359 e. The number of aromatic nitrogens is 1. The van der Waals surface area contributed by atoms with Gasteiger partial charge < -0.3 is 10.3 Å². The Bertz CT molecular complexity index is 686. The maximum Gasteiger partial charge on any atom is 0.221 e. The highest BCUT2D eigenvalue weighted by Crippen LogP contribution is 2.29. The smallest absolute Gasteiger partial charge is 0.221 e. The first kappa shape index (κ1) is 11.7. The highest BCUT2D eigenvalue weighted by atomic mass is 32.2. The molecule has 5 nitrogen and oxygen atoms in total. The lowest BCUT2D eigenvalue weighted by Gasteiger charge is -2.09. The van der Waals surface area contributed by atoms with Gasteiger partial charge in [0, 0.05) is 24.8 Å². The van der Waals surface area contributed by atoms with Crippen molar-refractivity contribution in [3.8, 4) is 0 Å². The fraction of sp³-hybridized carbons (Fsp3) is 0.182. The van der Waals surface area contributed by atoms with Crippen molar-refractivity contribution in [2.45, 2.75) is 11.8 Å². The molecule has 0 saturated carbocycles. The molecule has 2 N–H and O–H groups in total. The maximum atomic E-state index is 11.6. The number of H-pyrrole nitrogens is 1. The average Bonchev–Trinajstić information content (AvgIpc) is 2.63. The van der Waals surface area contributed by atoms with Crippen LogP contribution >= 0.6 is 0 Å². The first-order valence-corrected chi connectivity index (χ1v) is 6.86. The molecule has 1 aromatic carbocycles. The number of carbonyl (C=O) groups excluding carboxylic acids is 1. The molecule has 0 aliphatic carbocycles. The number of hydrogen-bond acceptors (Lipinski definition) is 3. The average molecular weight is 252 g/mol. The summed E-state index contributed by atoms with van der Waals surface area (Å²) in [6.45, 7) is 1.34. The highest BCUT2D eigenvalue weighted by molar-refractivity contribution is 7.90. The third kappa shape index (κ3) is 2.16. The molecule has 0 unspecified atom stereocenters. The van der Waals surface area contributed by atoms with E-state index in [1.54, 1.807) is 12.3 Å². The van der Waals surface area contributed by atoms with Gasteiger partial charge in [-0.2, -0.15) is 0 Å². The van der Waals surface area contributed by atoms with Gasteiger partial charge in [-0.05, 0) is 12.1 Å². The number of aromatic amines is 1. The van der Waals surface area contributed by atoms with Crippen LogP contribution in [0.3, 0.4) is 0 Å². The minimum absolute atomic E-state index is 0.114. The molecule has 0 radical (unpaired) electrons. The van der Waals surface area contributed by atoms with E-state index < -0.39 is 9.84 Å². The van der Waals surface area contributed by atoms with Gasteiger partial charge >= 0.3 is 0 Å². The van der Waals surface area contributed by atoms with Gasteiger partial charge in [0.15, 0.2) is 9.84 Å². The van der Waals surface area contributed by atoms with Gasteiger partial charge in [-0.1, -0.05) is 6.07 Å². The SMILES string of the molecule is CC(=O)Nc1c(S(C)(=O)=O)ccc2cc[nH]c12. The van der Waals surface area contributed by atoms with Crippen LogP contribution in [0.15, 0.2) is 29.3 Å². The van der Waals surface area contributed by atoms with E-state index >= 15 is 0 Å². The molecular weight excluding hydrogens is 240 g/mol. The van der Waals surface area contributed by atoms with Crippen molar-refractivity contribution in [2.75, 3.05) is 11.6 Å².